The normalized spacial score (nSPS) is 14.1. The van der Waals surface area contributed by atoms with E-state index in [0.717, 1.165) is 18.4 Å². The minimum absolute atomic E-state index is 0.0220. The Morgan fingerprint density at radius 2 is 1.67 bits per heavy atom. The van der Waals surface area contributed by atoms with Gasteiger partial charge >= 0.3 is 6.16 Å². The highest BCUT2D eigenvalue weighted by molar-refractivity contribution is 5.94. The predicted molar refractivity (Wildman–Crippen MR) is 111 cm³/mol. The molecule has 0 aliphatic carbocycles. The van der Waals surface area contributed by atoms with Crippen molar-refractivity contribution in [1.82, 2.24) is 10.2 Å². The average molecular weight is 410 g/mol. The van der Waals surface area contributed by atoms with E-state index in [4.69, 9.17) is 9.47 Å². The molecule has 0 spiro atoms. The topological polar surface area (TPSA) is 84.9 Å². The zero-order valence-corrected chi connectivity index (χ0v) is 17.0. The predicted octanol–water partition coefficient (Wildman–Crippen LogP) is 3.19. The number of likely N-dealkylation sites (tertiary alicyclic amines) is 1. The number of piperidine rings is 1. The quantitative estimate of drug-likeness (QED) is 0.584. The number of hydrogen-bond donors (Lipinski definition) is 1. The molecule has 2 aromatic carbocycles. The van der Waals surface area contributed by atoms with E-state index >= 15 is 0 Å². The first-order valence-corrected chi connectivity index (χ1v) is 10.1. The Morgan fingerprint density at radius 3 is 2.30 bits per heavy atom. The van der Waals surface area contributed by atoms with Gasteiger partial charge in [-0.3, -0.25) is 9.59 Å². The van der Waals surface area contributed by atoms with E-state index in [2.05, 4.69) is 5.32 Å². The van der Waals surface area contributed by atoms with Gasteiger partial charge in [0.1, 0.15) is 5.75 Å². The average Bonchev–Trinajstić information content (AvgIpc) is 2.75. The maximum Gasteiger partial charge on any atom is 0.513 e. The third kappa shape index (κ3) is 6.07. The molecule has 0 saturated carbocycles. The summed E-state index contributed by atoms with van der Waals surface area (Å²) in [5.74, 6) is 0.241. The van der Waals surface area contributed by atoms with E-state index in [9.17, 15) is 14.4 Å². The van der Waals surface area contributed by atoms with Crippen molar-refractivity contribution in [3.05, 3.63) is 65.7 Å². The summed E-state index contributed by atoms with van der Waals surface area (Å²) in [6, 6.07) is 16.0. The number of nitrogens with zero attached hydrogens (tertiary/aromatic N) is 1. The second kappa shape index (κ2) is 10.4. The van der Waals surface area contributed by atoms with Gasteiger partial charge in [-0.25, -0.2) is 4.79 Å². The van der Waals surface area contributed by atoms with Crippen molar-refractivity contribution in [3.63, 3.8) is 0 Å². The summed E-state index contributed by atoms with van der Waals surface area (Å²) in [6.45, 7) is 3.18. The number of hydrogen-bond acceptors (Lipinski definition) is 5. The van der Waals surface area contributed by atoms with E-state index in [1.165, 1.54) is 0 Å². The summed E-state index contributed by atoms with van der Waals surface area (Å²) in [6.07, 6.45) is 1.06. The van der Waals surface area contributed by atoms with Crippen LogP contribution in [-0.4, -0.2) is 48.6 Å². The van der Waals surface area contributed by atoms with Crippen LogP contribution in [0.1, 0.15) is 35.7 Å². The first-order chi connectivity index (χ1) is 14.5. The number of carbonyl (C=O) groups is 3. The van der Waals surface area contributed by atoms with Crippen molar-refractivity contribution in [3.8, 4) is 5.75 Å². The number of rotatable bonds is 6. The van der Waals surface area contributed by atoms with Crippen molar-refractivity contribution in [1.29, 1.82) is 0 Å². The molecule has 7 nitrogen and oxygen atoms in total. The largest absolute Gasteiger partial charge is 0.513 e. The lowest BCUT2D eigenvalue weighted by Gasteiger charge is -2.32. The standard InChI is InChI=1S/C23H26N2O5/c1-2-29-23(28)30-20-10-8-18(9-11-20)22(27)24-19-12-14-25(15-13-19)21(26)16-17-6-4-3-5-7-17/h3-11,19H,2,12-16H2,1H3,(H,24,27). The maximum atomic E-state index is 12.5. The van der Waals surface area contributed by atoms with Crippen LogP contribution in [0.2, 0.25) is 0 Å². The molecule has 0 radical (unpaired) electrons. The lowest BCUT2D eigenvalue weighted by molar-refractivity contribution is -0.131. The highest BCUT2D eigenvalue weighted by Gasteiger charge is 2.24. The van der Waals surface area contributed by atoms with Crippen LogP contribution in [0.5, 0.6) is 5.75 Å². The third-order valence-electron chi connectivity index (χ3n) is 4.96. The molecule has 0 atom stereocenters. The lowest BCUT2D eigenvalue weighted by Crippen LogP contribution is -2.46. The molecular weight excluding hydrogens is 384 g/mol. The van der Waals surface area contributed by atoms with Gasteiger partial charge in [-0.1, -0.05) is 30.3 Å². The molecule has 3 rings (SSSR count). The Bertz CT molecular complexity index is 859. The zero-order valence-electron chi connectivity index (χ0n) is 17.0. The van der Waals surface area contributed by atoms with Crippen molar-refractivity contribution in [2.45, 2.75) is 32.2 Å². The van der Waals surface area contributed by atoms with Gasteiger partial charge in [0.05, 0.1) is 13.0 Å². The highest BCUT2D eigenvalue weighted by atomic mass is 16.7. The van der Waals surface area contributed by atoms with Crippen LogP contribution in [0.3, 0.4) is 0 Å². The first-order valence-electron chi connectivity index (χ1n) is 10.1. The van der Waals surface area contributed by atoms with Crippen molar-refractivity contribution < 1.29 is 23.9 Å². The summed E-state index contributed by atoms with van der Waals surface area (Å²) in [4.78, 5) is 38.1. The molecule has 158 valence electrons. The molecule has 1 aliphatic heterocycles. The summed E-state index contributed by atoms with van der Waals surface area (Å²) in [7, 11) is 0. The Labute approximate surface area is 176 Å². The van der Waals surface area contributed by atoms with Crippen LogP contribution < -0.4 is 10.1 Å². The Kier molecular flexibility index (Phi) is 7.43. The Morgan fingerprint density at radius 1 is 1.00 bits per heavy atom. The molecule has 1 fully saturated rings. The second-order valence-electron chi connectivity index (χ2n) is 7.10. The molecule has 1 N–H and O–H groups in total. The van der Waals surface area contributed by atoms with E-state index < -0.39 is 6.16 Å². The number of ether oxygens (including phenoxy) is 2. The molecule has 1 saturated heterocycles. The van der Waals surface area contributed by atoms with E-state index in [-0.39, 0.29) is 24.5 Å². The van der Waals surface area contributed by atoms with E-state index in [1.807, 2.05) is 35.2 Å². The minimum Gasteiger partial charge on any atom is -0.434 e. The fourth-order valence-corrected chi connectivity index (χ4v) is 3.34. The summed E-state index contributed by atoms with van der Waals surface area (Å²) in [5, 5.41) is 3.02. The molecular formula is C23H26N2O5. The summed E-state index contributed by atoms with van der Waals surface area (Å²) in [5.41, 5.74) is 1.49. The van der Waals surface area contributed by atoms with Gasteiger partial charge in [0.25, 0.3) is 5.91 Å². The second-order valence-corrected chi connectivity index (χ2v) is 7.10. The van der Waals surface area contributed by atoms with Crippen LogP contribution in [0, 0.1) is 0 Å². The molecule has 30 heavy (non-hydrogen) atoms. The Balaban J connectivity index is 1.44. The van der Waals surface area contributed by atoms with Gasteiger partial charge < -0.3 is 19.7 Å². The van der Waals surface area contributed by atoms with Gasteiger partial charge in [0.15, 0.2) is 0 Å². The molecule has 1 heterocycles. The molecule has 1 aliphatic rings. The number of carbonyl (C=O) groups excluding carboxylic acids is 3. The number of amides is 2. The summed E-state index contributed by atoms with van der Waals surface area (Å²) < 4.78 is 9.70. The smallest absolute Gasteiger partial charge is 0.434 e. The zero-order chi connectivity index (χ0) is 21.3. The Hall–Kier alpha value is -3.35. The van der Waals surface area contributed by atoms with Crippen LogP contribution in [0.4, 0.5) is 4.79 Å². The van der Waals surface area contributed by atoms with E-state index in [1.54, 1.807) is 31.2 Å². The van der Waals surface area contributed by atoms with Gasteiger partial charge in [0.2, 0.25) is 5.91 Å². The summed E-state index contributed by atoms with van der Waals surface area (Å²) >= 11 is 0. The van der Waals surface area contributed by atoms with E-state index in [0.29, 0.717) is 30.8 Å². The van der Waals surface area contributed by atoms with Gasteiger partial charge in [-0.2, -0.15) is 0 Å². The number of benzene rings is 2. The third-order valence-corrected chi connectivity index (χ3v) is 4.96. The van der Waals surface area contributed by atoms with Crippen LogP contribution in [-0.2, 0) is 16.0 Å². The van der Waals surface area contributed by atoms with Gasteiger partial charge in [0, 0.05) is 24.7 Å². The van der Waals surface area contributed by atoms with Crippen molar-refractivity contribution in [2.75, 3.05) is 19.7 Å². The first kappa shape index (κ1) is 21.4. The van der Waals surface area contributed by atoms with Crippen LogP contribution in [0.25, 0.3) is 0 Å². The number of nitrogens with one attached hydrogen (secondary N) is 1. The SMILES string of the molecule is CCOC(=O)Oc1ccc(C(=O)NC2CCN(C(=O)Cc3ccccc3)CC2)cc1. The molecule has 2 amide bonds. The van der Waals surface area contributed by atoms with Gasteiger partial charge in [-0.05, 0) is 49.6 Å². The molecule has 2 aromatic rings. The molecule has 7 heteroatoms. The van der Waals surface area contributed by atoms with Gasteiger partial charge in [-0.15, -0.1) is 0 Å². The minimum atomic E-state index is -0.775. The lowest BCUT2D eigenvalue weighted by atomic mass is 10.0. The molecule has 0 unspecified atom stereocenters. The fraction of sp³-hybridized carbons (Fsp3) is 0.348. The van der Waals surface area contributed by atoms with Crippen molar-refractivity contribution in [2.24, 2.45) is 0 Å². The molecule has 0 aromatic heterocycles. The van der Waals surface area contributed by atoms with Crippen LogP contribution >= 0.6 is 0 Å². The maximum absolute atomic E-state index is 12.5. The highest BCUT2D eigenvalue weighted by Crippen LogP contribution is 2.16. The fourth-order valence-electron chi connectivity index (χ4n) is 3.34. The van der Waals surface area contributed by atoms with Crippen molar-refractivity contribution >= 4 is 18.0 Å². The van der Waals surface area contributed by atoms with Crippen LogP contribution in [0.15, 0.2) is 54.6 Å². The monoisotopic (exact) mass is 410 g/mol. The molecule has 0 bridgehead atoms.